The van der Waals surface area contributed by atoms with E-state index in [4.69, 9.17) is 5.41 Å². The summed E-state index contributed by atoms with van der Waals surface area (Å²) in [6.45, 7) is 0.853. The minimum absolute atomic E-state index is 0.0483. The van der Waals surface area contributed by atoms with Crippen LogP contribution in [0, 0.1) is 11.3 Å². The van der Waals surface area contributed by atoms with E-state index in [1.54, 1.807) is 0 Å². The summed E-state index contributed by atoms with van der Waals surface area (Å²) in [5.41, 5.74) is 0. The molecule has 0 aromatic carbocycles. The highest BCUT2D eigenvalue weighted by molar-refractivity contribution is 5.99. The zero-order valence-electron chi connectivity index (χ0n) is 9.89. The van der Waals surface area contributed by atoms with Gasteiger partial charge in [-0.2, -0.15) is 8.78 Å². The fourth-order valence-electron chi connectivity index (χ4n) is 1.05. The van der Waals surface area contributed by atoms with Crippen LogP contribution < -0.4 is 10.1 Å². The van der Waals surface area contributed by atoms with Gasteiger partial charge in [-0.15, -0.1) is 0 Å². The van der Waals surface area contributed by atoms with Crippen LogP contribution in [-0.2, 0) is 0 Å². The molecule has 2 N–H and O–H groups in total. The first-order valence-corrected chi connectivity index (χ1v) is 5.13. The second-order valence-electron chi connectivity index (χ2n) is 3.54. The molecule has 1 heterocycles. The number of ether oxygens (including phenoxy) is 1. The number of alkyl halides is 2. The number of hydrogen-bond acceptors (Lipinski definition) is 4. The molecule has 0 unspecified atom stereocenters. The summed E-state index contributed by atoms with van der Waals surface area (Å²) in [7, 11) is 0. The van der Waals surface area contributed by atoms with Gasteiger partial charge in [-0.1, -0.05) is 13.8 Å². The maximum absolute atomic E-state index is 11.9. The minimum atomic E-state index is -2.90. The molecule has 0 aliphatic heterocycles. The second-order valence-corrected chi connectivity index (χ2v) is 3.54. The average Bonchev–Trinajstić information content (AvgIpc) is 2.30. The van der Waals surface area contributed by atoms with Crippen molar-refractivity contribution in [2.45, 2.75) is 20.5 Å². The smallest absolute Gasteiger partial charge is 0.387 e. The number of hydrogen-bond donors (Lipinski definition) is 2. The zero-order valence-corrected chi connectivity index (χ0v) is 9.89. The average molecular weight is 257 g/mol. The van der Waals surface area contributed by atoms with Crippen molar-refractivity contribution in [2.24, 2.45) is 10.9 Å². The van der Waals surface area contributed by atoms with Gasteiger partial charge in [-0.05, 0) is 0 Å². The molecule has 18 heavy (non-hydrogen) atoms. The molecule has 0 aliphatic carbocycles. The first-order valence-electron chi connectivity index (χ1n) is 5.13. The summed E-state index contributed by atoms with van der Waals surface area (Å²) in [5, 5.41) is 9.70. The first-order chi connectivity index (χ1) is 8.52. The third-order valence-corrected chi connectivity index (χ3v) is 1.84. The van der Waals surface area contributed by atoms with Gasteiger partial charge in [0.1, 0.15) is 12.2 Å². The number of halogens is 2. The number of nitrogens with one attached hydrogen (secondary N) is 2. The molecule has 6 nitrogen and oxygen atoms in total. The highest BCUT2D eigenvalue weighted by Gasteiger charge is 2.08. The Morgan fingerprint density at radius 3 is 2.50 bits per heavy atom. The second kappa shape index (κ2) is 6.58. The van der Waals surface area contributed by atoms with Gasteiger partial charge in [0, 0.05) is 5.92 Å². The molecule has 0 atom stereocenters. The highest BCUT2D eigenvalue weighted by atomic mass is 19.3. The number of anilines is 1. The van der Waals surface area contributed by atoms with Gasteiger partial charge in [0.05, 0.1) is 12.4 Å². The largest absolute Gasteiger partial charge is 0.432 e. The maximum Gasteiger partial charge on any atom is 0.387 e. The van der Waals surface area contributed by atoms with E-state index < -0.39 is 6.61 Å². The van der Waals surface area contributed by atoms with Crippen molar-refractivity contribution >= 4 is 18.1 Å². The van der Waals surface area contributed by atoms with Crippen LogP contribution in [0.25, 0.3) is 0 Å². The van der Waals surface area contributed by atoms with Crippen molar-refractivity contribution in [3.8, 4) is 5.75 Å². The molecule has 0 spiro atoms. The minimum Gasteiger partial charge on any atom is -0.432 e. The molecule has 0 saturated carbocycles. The maximum atomic E-state index is 11.9. The molecule has 0 bridgehead atoms. The number of rotatable bonds is 5. The topological polar surface area (TPSA) is 83.2 Å². The molecule has 8 heteroatoms. The normalized spacial score (nSPS) is 11.8. The van der Waals surface area contributed by atoms with Crippen molar-refractivity contribution in [1.82, 2.24) is 9.97 Å². The Morgan fingerprint density at radius 2 is 2.06 bits per heavy atom. The molecule has 1 aromatic heterocycles. The molecule has 98 valence electrons. The SMILES string of the molecule is CC(C)/C(=N/C=N)Nc1ncc(OC(F)F)cn1. The van der Waals surface area contributed by atoms with Gasteiger partial charge in [0.2, 0.25) is 5.95 Å². The van der Waals surface area contributed by atoms with Crippen LogP contribution in [0.1, 0.15) is 13.8 Å². The zero-order chi connectivity index (χ0) is 13.5. The van der Waals surface area contributed by atoms with Crippen molar-refractivity contribution < 1.29 is 13.5 Å². The monoisotopic (exact) mass is 257 g/mol. The van der Waals surface area contributed by atoms with Gasteiger partial charge >= 0.3 is 6.61 Å². The van der Waals surface area contributed by atoms with E-state index in [1.165, 1.54) is 0 Å². The van der Waals surface area contributed by atoms with Crippen LogP contribution in [0.3, 0.4) is 0 Å². The molecule has 1 aromatic rings. The quantitative estimate of drug-likeness (QED) is 0.625. The van der Waals surface area contributed by atoms with Crippen molar-refractivity contribution in [3.05, 3.63) is 12.4 Å². The van der Waals surface area contributed by atoms with E-state index in [-0.39, 0.29) is 17.6 Å². The molecule has 0 amide bonds. The summed E-state index contributed by atoms with van der Waals surface area (Å²) >= 11 is 0. The summed E-state index contributed by atoms with van der Waals surface area (Å²) in [6.07, 6.45) is 3.16. The molecular weight excluding hydrogens is 244 g/mol. The van der Waals surface area contributed by atoms with Crippen LogP contribution in [0.4, 0.5) is 14.7 Å². The lowest BCUT2D eigenvalue weighted by Gasteiger charge is -2.10. The van der Waals surface area contributed by atoms with Crippen molar-refractivity contribution in [3.63, 3.8) is 0 Å². The standard InChI is InChI=1S/C10H13F2N5O/c1-6(2)8(16-5-13)17-10-14-3-7(4-15-10)18-9(11)12/h3-6,9H,1-2H3,(H2,13,14,15,16,17). The summed E-state index contributed by atoms with van der Waals surface area (Å²) < 4.78 is 27.9. The van der Waals surface area contributed by atoms with E-state index in [0.29, 0.717) is 5.84 Å². The fraction of sp³-hybridized carbons (Fsp3) is 0.400. The van der Waals surface area contributed by atoms with Crippen molar-refractivity contribution in [1.29, 1.82) is 5.41 Å². The fourth-order valence-corrected chi connectivity index (χ4v) is 1.05. The lowest BCUT2D eigenvalue weighted by Crippen LogP contribution is -2.20. The van der Waals surface area contributed by atoms with Gasteiger partial charge < -0.3 is 10.1 Å². The Balaban J connectivity index is 2.73. The van der Waals surface area contributed by atoms with E-state index in [1.807, 2.05) is 13.8 Å². The third kappa shape index (κ3) is 4.40. The van der Waals surface area contributed by atoms with Crippen molar-refractivity contribution in [2.75, 3.05) is 5.32 Å². The van der Waals surface area contributed by atoms with Gasteiger partial charge in [0.25, 0.3) is 0 Å². The van der Waals surface area contributed by atoms with Crippen LogP contribution in [0.15, 0.2) is 17.4 Å². The predicted molar refractivity (Wildman–Crippen MR) is 63.3 cm³/mol. The van der Waals surface area contributed by atoms with Crippen LogP contribution in [-0.4, -0.2) is 28.8 Å². The number of aliphatic imine (C=N–C) groups is 1. The Morgan fingerprint density at radius 1 is 1.44 bits per heavy atom. The van der Waals surface area contributed by atoms with E-state index in [2.05, 4.69) is 25.0 Å². The van der Waals surface area contributed by atoms with E-state index in [9.17, 15) is 8.78 Å². The molecular formula is C10H13F2N5O. The molecule has 0 radical (unpaired) electrons. The summed E-state index contributed by atoms with van der Waals surface area (Å²) in [6, 6.07) is 0. The van der Waals surface area contributed by atoms with Crippen LogP contribution in [0.2, 0.25) is 0 Å². The first kappa shape index (κ1) is 13.9. The summed E-state index contributed by atoms with van der Waals surface area (Å²) in [5.74, 6) is 0.635. The molecule has 1 rings (SSSR count). The third-order valence-electron chi connectivity index (χ3n) is 1.84. The Bertz CT molecular complexity index is 419. The van der Waals surface area contributed by atoms with Gasteiger partial charge in [0.15, 0.2) is 5.75 Å². The Labute approximate surface area is 103 Å². The Hall–Kier alpha value is -2.12. The van der Waals surface area contributed by atoms with Gasteiger partial charge in [-0.3, -0.25) is 5.41 Å². The predicted octanol–water partition coefficient (Wildman–Crippen LogP) is 2.15. The van der Waals surface area contributed by atoms with Crippen LogP contribution >= 0.6 is 0 Å². The molecule has 0 saturated heterocycles. The lowest BCUT2D eigenvalue weighted by atomic mass is 10.2. The molecule has 0 aliphatic rings. The number of nitrogens with zero attached hydrogens (tertiary/aromatic N) is 3. The number of amidine groups is 1. The summed E-state index contributed by atoms with van der Waals surface area (Å²) in [4.78, 5) is 11.4. The van der Waals surface area contributed by atoms with Crippen LogP contribution in [0.5, 0.6) is 5.75 Å². The van der Waals surface area contributed by atoms with Gasteiger partial charge in [-0.25, -0.2) is 15.0 Å². The lowest BCUT2D eigenvalue weighted by molar-refractivity contribution is -0.0503. The highest BCUT2D eigenvalue weighted by Crippen LogP contribution is 2.12. The van der Waals surface area contributed by atoms with E-state index >= 15 is 0 Å². The molecule has 0 fully saturated rings. The van der Waals surface area contributed by atoms with E-state index in [0.717, 1.165) is 18.7 Å². The number of aromatic nitrogens is 2. The Kier molecular flexibility index (Phi) is 5.09.